The van der Waals surface area contributed by atoms with Gasteiger partial charge in [0.25, 0.3) is 0 Å². The first kappa shape index (κ1) is 20.8. The minimum atomic E-state index is -0.484. The normalized spacial score (nSPS) is 21.6. The highest BCUT2D eigenvalue weighted by atomic mass is 16.5. The first-order valence-corrected chi connectivity index (χ1v) is 10.3. The summed E-state index contributed by atoms with van der Waals surface area (Å²) >= 11 is 0. The first-order chi connectivity index (χ1) is 13.6. The number of nitrogens with zero attached hydrogens (tertiary/aromatic N) is 2. The molecule has 1 aromatic rings. The molecule has 2 aliphatic rings. The Labute approximate surface area is 167 Å². The number of carbonyl (C=O) groups excluding carboxylic acids is 2. The summed E-state index contributed by atoms with van der Waals surface area (Å²) in [7, 11) is 0. The van der Waals surface area contributed by atoms with Crippen molar-refractivity contribution < 1.29 is 14.3 Å². The Bertz CT molecular complexity index is 653. The number of hydrogen-bond acceptors (Lipinski definition) is 6. The molecule has 2 saturated heterocycles. The van der Waals surface area contributed by atoms with E-state index in [1.165, 1.54) is 0 Å². The van der Waals surface area contributed by atoms with Gasteiger partial charge in [-0.1, -0.05) is 30.3 Å². The third-order valence-electron chi connectivity index (χ3n) is 5.97. The fraction of sp³-hybridized carbons (Fsp3) is 0.619. The van der Waals surface area contributed by atoms with Gasteiger partial charge in [-0.25, -0.2) is 5.01 Å². The van der Waals surface area contributed by atoms with Crippen LogP contribution in [0.5, 0.6) is 0 Å². The summed E-state index contributed by atoms with van der Waals surface area (Å²) in [6, 6.07) is 9.86. The Kier molecular flexibility index (Phi) is 7.04. The molecule has 3 rings (SSSR count). The van der Waals surface area contributed by atoms with Gasteiger partial charge < -0.3 is 10.1 Å². The topological polar surface area (TPSA) is 73.9 Å². The Morgan fingerprint density at radius 2 is 1.79 bits per heavy atom. The van der Waals surface area contributed by atoms with Crippen LogP contribution in [-0.4, -0.2) is 73.7 Å². The average molecular weight is 389 g/mol. The van der Waals surface area contributed by atoms with Gasteiger partial charge in [-0.2, -0.15) is 0 Å². The van der Waals surface area contributed by atoms with Crippen LogP contribution in [0.2, 0.25) is 0 Å². The minimum Gasteiger partial charge on any atom is -0.465 e. The lowest BCUT2D eigenvalue weighted by atomic mass is 9.72. The van der Waals surface area contributed by atoms with Crippen LogP contribution in [0.3, 0.4) is 0 Å². The molecule has 1 atom stereocenters. The van der Waals surface area contributed by atoms with Gasteiger partial charge in [0, 0.05) is 26.2 Å². The number of hydrazine groups is 1. The fourth-order valence-electron chi connectivity index (χ4n) is 4.14. The maximum Gasteiger partial charge on any atom is 0.323 e. The van der Waals surface area contributed by atoms with E-state index in [1.54, 1.807) is 0 Å². The molecule has 0 saturated carbocycles. The Morgan fingerprint density at radius 1 is 1.14 bits per heavy atom. The Morgan fingerprint density at radius 3 is 2.39 bits per heavy atom. The third-order valence-corrected chi connectivity index (χ3v) is 5.97. The molecule has 1 amide bonds. The highest BCUT2D eigenvalue weighted by Gasteiger charge is 2.42. The smallest absolute Gasteiger partial charge is 0.323 e. The number of nitrogens with one attached hydrogen (secondary N) is 2. The summed E-state index contributed by atoms with van der Waals surface area (Å²) in [6.07, 6.45) is 1.59. The molecule has 0 aromatic heterocycles. The maximum atomic E-state index is 13.3. The summed E-state index contributed by atoms with van der Waals surface area (Å²) in [5.41, 5.74) is 3.77. The average Bonchev–Trinajstić information content (AvgIpc) is 2.75. The number of amides is 1. The molecule has 2 N–H and O–H groups in total. The van der Waals surface area contributed by atoms with Crippen LogP contribution in [0.25, 0.3) is 0 Å². The van der Waals surface area contributed by atoms with E-state index in [9.17, 15) is 9.59 Å². The van der Waals surface area contributed by atoms with E-state index in [0.717, 1.165) is 44.6 Å². The summed E-state index contributed by atoms with van der Waals surface area (Å²) in [5, 5.41) is 5.35. The summed E-state index contributed by atoms with van der Waals surface area (Å²) in [5.74, 6) is -0.107. The molecule has 1 unspecified atom stereocenters. The number of hydrogen-bond donors (Lipinski definition) is 2. The zero-order valence-corrected chi connectivity index (χ0v) is 16.9. The zero-order valence-electron chi connectivity index (χ0n) is 16.9. The summed E-state index contributed by atoms with van der Waals surface area (Å²) < 4.78 is 5.12. The molecule has 0 spiro atoms. The molecule has 7 heteroatoms. The minimum absolute atomic E-state index is 0.0760. The SMILES string of the molecule is CCOC(=O)C(C)N1CCN(NC(=O)C2(c3ccccc3)CCNCC2)CC1. The van der Waals surface area contributed by atoms with E-state index in [0.29, 0.717) is 19.7 Å². The predicted molar refractivity (Wildman–Crippen MR) is 108 cm³/mol. The van der Waals surface area contributed by atoms with Crippen LogP contribution >= 0.6 is 0 Å². The van der Waals surface area contributed by atoms with Crippen molar-refractivity contribution in [2.75, 3.05) is 45.9 Å². The van der Waals surface area contributed by atoms with Gasteiger partial charge in [-0.15, -0.1) is 0 Å². The van der Waals surface area contributed by atoms with E-state index in [1.807, 2.05) is 37.1 Å². The molecule has 28 heavy (non-hydrogen) atoms. The van der Waals surface area contributed by atoms with E-state index >= 15 is 0 Å². The number of rotatable bonds is 6. The van der Waals surface area contributed by atoms with Crippen molar-refractivity contribution in [3.63, 3.8) is 0 Å². The number of ether oxygens (including phenoxy) is 1. The number of benzene rings is 1. The van der Waals surface area contributed by atoms with Crippen molar-refractivity contribution >= 4 is 11.9 Å². The van der Waals surface area contributed by atoms with Crippen molar-refractivity contribution in [1.82, 2.24) is 20.7 Å². The van der Waals surface area contributed by atoms with Gasteiger partial charge in [-0.05, 0) is 45.3 Å². The molecule has 2 fully saturated rings. The Hall–Kier alpha value is -1.96. The lowest BCUT2D eigenvalue weighted by Crippen LogP contribution is -2.60. The van der Waals surface area contributed by atoms with Gasteiger partial charge >= 0.3 is 5.97 Å². The van der Waals surface area contributed by atoms with Crippen molar-refractivity contribution in [3.8, 4) is 0 Å². The highest BCUT2D eigenvalue weighted by Crippen LogP contribution is 2.33. The summed E-state index contributed by atoms with van der Waals surface area (Å²) in [6.45, 7) is 8.61. The fourth-order valence-corrected chi connectivity index (χ4v) is 4.14. The van der Waals surface area contributed by atoms with Crippen LogP contribution in [-0.2, 0) is 19.7 Å². The predicted octanol–water partition coefficient (Wildman–Crippen LogP) is 0.908. The quantitative estimate of drug-likeness (QED) is 0.706. The second-order valence-electron chi connectivity index (χ2n) is 7.59. The summed E-state index contributed by atoms with van der Waals surface area (Å²) in [4.78, 5) is 27.4. The second kappa shape index (κ2) is 9.49. The number of piperidine rings is 1. The molecule has 2 heterocycles. The standard InChI is InChI=1S/C21H32N4O3/c1-3-28-19(26)17(2)24-13-15-25(16-14-24)23-20(27)21(9-11-22-12-10-21)18-7-5-4-6-8-18/h4-8,17,22H,3,9-16H2,1-2H3,(H,23,27). The van der Waals surface area contributed by atoms with Crippen LogP contribution in [0.15, 0.2) is 30.3 Å². The van der Waals surface area contributed by atoms with Crippen LogP contribution in [0.4, 0.5) is 0 Å². The van der Waals surface area contributed by atoms with Gasteiger partial charge in [0.15, 0.2) is 0 Å². The van der Waals surface area contributed by atoms with Gasteiger partial charge in [0.05, 0.1) is 12.0 Å². The lowest BCUT2D eigenvalue weighted by Gasteiger charge is -2.41. The number of piperazine rings is 1. The monoisotopic (exact) mass is 388 g/mol. The molecule has 154 valence electrons. The molecule has 0 bridgehead atoms. The first-order valence-electron chi connectivity index (χ1n) is 10.3. The number of carbonyl (C=O) groups is 2. The molecular formula is C21H32N4O3. The van der Waals surface area contributed by atoms with Gasteiger partial charge in [-0.3, -0.25) is 19.9 Å². The van der Waals surface area contributed by atoms with Crippen molar-refractivity contribution in [1.29, 1.82) is 0 Å². The van der Waals surface area contributed by atoms with Crippen LogP contribution < -0.4 is 10.7 Å². The molecule has 1 aromatic carbocycles. The lowest BCUT2D eigenvalue weighted by molar-refractivity contribution is -0.150. The number of esters is 1. The van der Waals surface area contributed by atoms with Gasteiger partial charge in [0.2, 0.25) is 5.91 Å². The van der Waals surface area contributed by atoms with E-state index in [2.05, 4.69) is 27.8 Å². The van der Waals surface area contributed by atoms with Crippen LogP contribution in [0.1, 0.15) is 32.3 Å². The third kappa shape index (κ3) is 4.54. The highest BCUT2D eigenvalue weighted by molar-refractivity contribution is 5.88. The van der Waals surface area contributed by atoms with E-state index in [-0.39, 0.29) is 17.9 Å². The maximum absolute atomic E-state index is 13.3. The van der Waals surface area contributed by atoms with E-state index in [4.69, 9.17) is 4.74 Å². The van der Waals surface area contributed by atoms with Crippen molar-refractivity contribution in [3.05, 3.63) is 35.9 Å². The van der Waals surface area contributed by atoms with Crippen molar-refractivity contribution in [2.45, 2.75) is 38.1 Å². The van der Waals surface area contributed by atoms with Gasteiger partial charge in [0.1, 0.15) is 6.04 Å². The Balaban J connectivity index is 1.60. The van der Waals surface area contributed by atoms with Crippen LogP contribution in [0, 0.1) is 0 Å². The van der Waals surface area contributed by atoms with E-state index < -0.39 is 5.41 Å². The molecule has 0 aliphatic carbocycles. The molecule has 2 aliphatic heterocycles. The molecule has 7 nitrogen and oxygen atoms in total. The van der Waals surface area contributed by atoms with Crippen molar-refractivity contribution in [2.24, 2.45) is 0 Å². The molecular weight excluding hydrogens is 356 g/mol. The second-order valence-corrected chi connectivity index (χ2v) is 7.59. The molecule has 0 radical (unpaired) electrons. The largest absolute Gasteiger partial charge is 0.465 e. The zero-order chi connectivity index (χ0) is 20.0.